The first-order chi connectivity index (χ1) is 16.7. The molecule has 192 valence electrons. The summed E-state index contributed by atoms with van der Waals surface area (Å²) in [5.74, 6) is 0.974. The molecule has 11 heteroatoms. The lowest BCUT2D eigenvalue weighted by atomic mass is 9.83. The zero-order valence-electron chi connectivity index (χ0n) is 20.5. The number of likely N-dealkylation sites (N-methyl/N-ethyl adjacent to an activating group) is 1. The molecule has 2 aromatic rings. The van der Waals surface area contributed by atoms with Gasteiger partial charge in [-0.2, -0.15) is 16.8 Å². The molecule has 2 aliphatic rings. The minimum atomic E-state index is -4.88. The van der Waals surface area contributed by atoms with Gasteiger partial charge >= 0.3 is 0 Å². The van der Waals surface area contributed by atoms with E-state index in [0.29, 0.717) is 28.2 Å². The standard InChI is InChI=1S/C25H28N2O7S2/c1-6-27(5)16-7-9-18-21(13-16)34-22-15-25(2,26(3)4)12-11-19(22)24(18)20-10-8-17(35(28,29)30)14-23(20)36(31,32)33/h7-15H,6H2,1-5H3,(H,28,29,30)(H,31,32,33). The van der Waals surface area contributed by atoms with Gasteiger partial charge in [-0.1, -0.05) is 18.2 Å². The van der Waals surface area contributed by atoms with Crippen LogP contribution >= 0.6 is 0 Å². The molecule has 1 aliphatic heterocycles. The highest BCUT2D eigenvalue weighted by molar-refractivity contribution is 7.86. The summed E-state index contributed by atoms with van der Waals surface area (Å²) in [6, 6.07) is 8.64. The van der Waals surface area contributed by atoms with Crippen molar-refractivity contribution in [3.05, 3.63) is 77.1 Å². The molecule has 1 heterocycles. The van der Waals surface area contributed by atoms with Crippen LogP contribution in [-0.2, 0) is 20.2 Å². The second-order valence-electron chi connectivity index (χ2n) is 9.16. The highest BCUT2D eigenvalue weighted by atomic mass is 32.2. The number of rotatable bonds is 6. The Balaban J connectivity index is 2.08. The van der Waals surface area contributed by atoms with Crippen LogP contribution in [0.4, 0.5) is 5.69 Å². The molecule has 9 nitrogen and oxygen atoms in total. The van der Waals surface area contributed by atoms with E-state index in [1.54, 1.807) is 6.07 Å². The van der Waals surface area contributed by atoms with Gasteiger partial charge in [0.25, 0.3) is 20.2 Å². The van der Waals surface area contributed by atoms with Crippen molar-refractivity contribution in [2.45, 2.75) is 29.2 Å². The Kier molecular flexibility index (Phi) is 6.42. The van der Waals surface area contributed by atoms with Gasteiger partial charge in [0.2, 0.25) is 0 Å². The first-order valence-corrected chi connectivity index (χ1v) is 14.0. The third-order valence-corrected chi connectivity index (χ3v) is 8.42. The average molecular weight is 533 g/mol. The van der Waals surface area contributed by atoms with Crippen molar-refractivity contribution in [1.29, 1.82) is 0 Å². The molecular weight excluding hydrogens is 504 g/mol. The second kappa shape index (κ2) is 8.86. The number of hydrogen-bond acceptors (Lipinski definition) is 7. The van der Waals surface area contributed by atoms with E-state index in [2.05, 4.69) is 0 Å². The summed E-state index contributed by atoms with van der Waals surface area (Å²) in [6.07, 6.45) is 5.68. The van der Waals surface area contributed by atoms with Gasteiger partial charge in [0.15, 0.2) is 0 Å². The van der Waals surface area contributed by atoms with E-state index in [4.69, 9.17) is 4.74 Å². The fourth-order valence-corrected chi connectivity index (χ4v) is 5.46. The lowest BCUT2D eigenvalue weighted by Gasteiger charge is -2.36. The number of benzene rings is 2. The van der Waals surface area contributed by atoms with E-state index in [-0.39, 0.29) is 5.56 Å². The van der Waals surface area contributed by atoms with Crippen molar-refractivity contribution in [3.8, 4) is 5.75 Å². The Morgan fingerprint density at radius 3 is 2.19 bits per heavy atom. The van der Waals surface area contributed by atoms with Gasteiger partial charge in [-0.25, -0.2) is 0 Å². The van der Waals surface area contributed by atoms with Gasteiger partial charge in [0, 0.05) is 47.6 Å². The summed E-state index contributed by atoms with van der Waals surface area (Å²) in [7, 11) is -3.81. The highest BCUT2D eigenvalue weighted by Gasteiger charge is 2.34. The maximum absolute atomic E-state index is 12.4. The maximum Gasteiger partial charge on any atom is 0.295 e. The van der Waals surface area contributed by atoms with E-state index < -0.39 is 35.6 Å². The fraction of sp³-hybridized carbons (Fsp3) is 0.280. The molecule has 0 bridgehead atoms. The first kappa shape index (κ1) is 26.1. The predicted molar refractivity (Wildman–Crippen MR) is 137 cm³/mol. The van der Waals surface area contributed by atoms with E-state index in [1.165, 1.54) is 6.07 Å². The molecule has 1 unspecified atom stereocenters. The quantitative estimate of drug-likeness (QED) is 0.537. The fourth-order valence-electron chi connectivity index (χ4n) is 4.15. The second-order valence-corrected chi connectivity index (χ2v) is 12.0. The minimum absolute atomic E-state index is 0.0741. The number of nitrogens with zero attached hydrogens (tertiary/aromatic N) is 2. The van der Waals surface area contributed by atoms with Crippen molar-refractivity contribution < 1.29 is 30.7 Å². The number of allylic oxidation sites excluding steroid dienone is 1. The van der Waals surface area contributed by atoms with E-state index in [1.807, 2.05) is 75.2 Å². The predicted octanol–water partition coefficient (Wildman–Crippen LogP) is 3.60. The van der Waals surface area contributed by atoms with Crippen LogP contribution < -0.4 is 9.64 Å². The Morgan fingerprint density at radius 2 is 1.61 bits per heavy atom. The third kappa shape index (κ3) is 4.60. The molecule has 2 aromatic carbocycles. The summed E-state index contributed by atoms with van der Waals surface area (Å²) >= 11 is 0. The SMILES string of the molecule is CCN(C)c1ccc2c(c1)OC1=CC(C)(N(C)C)C=CC1=C2c1ccc(S(=O)(=O)O)cc1S(=O)(=O)O. The molecule has 0 amide bonds. The summed E-state index contributed by atoms with van der Waals surface area (Å²) in [6.45, 7) is 4.76. The number of ether oxygens (including phenoxy) is 1. The number of anilines is 1. The van der Waals surface area contributed by atoms with Crippen LogP contribution in [0.15, 0.2) is 75.7 Å². The average Bonchev–Trinajstić information content (AvgIpc) is 2.80. The summed E-state index contributed by atoms with van der Waals surface area (Å²) in [4.78, 5) is 2.73. The Bertz CT molecular complexity index is 1550. The zero-order chi connectivity index (χ0) is 26.6. The Hall–Kier alpha value is -2.96. The van der Waals surface area contributed by atoms with Gasteiger partial charge in [-0.05, 0) is 58.3 Å². The Labute approximate surface area is 211 Å². The molecular formula is C25H28N2O7S2. The topological polar surface area (TPSA) is 124 Å². The molecule has 0 saturated carbocycles. The summed E-state index contributed by atoms with van der Waals surface area (Å²) < 4.78 is 74.1. The van der Waals surface area contributed by atoms with E-state index in [0.717, 1.165) is 24.4 Å². The molecule has 1 atom stereocenters. The van der Waals surface area contributed by atoms with Crippen molar-refractivity contribution in [1.82, 2.24) is 4.90 Å². The maximum atomic E-state index is 12.4. The molecule has 4 rings (SSSR count). The third-order valence-electron chi connectivity index (χ3n) is 6.68. The zero-order valence-corrected chi connectivity index (χ0v) is 22.2. The number of fused-ring (bicyclic) bond motifs is 2. The molecule has 2 N–H and O–H groups in total. The van der Waals surface area contributed by atoms with Crippen molar-refractivity contribution >= 4 is 31.5 Å². The van der Waals surface area contributed by atoms with Crippen LogP contribution in [0, 0.1) is 0 Å². The van der Waals surface area contributed by atoms with Crippen LogP contribution in [0.2, 0.25) is 0 Å². The smallest absolute Gasteiger partial charge is 0.295 e. The monoisotopic (exact) mass is 532 g/mol. The lowest BCUT2D eigenvalue weighted by Crippen LogP contribution is -2.39. The number of hydrogen-bond donors (Lipinski definition) is 2. The summed E-state index contributed by atoms with van der Waals surface area (Å²) in [5.41, 5.74) is 2.06. The van der Waals surface area contributed by atoms with Crippen LogP contribution in [0.25, 0.3) is 5.57 Å². The van der Waals surface area contributed by atoms with Gasteiger partial charge in [-0.3, -0.25) is 14.0 Å². The van der Waals surface area contributed by atoms with Crippen molar-refractivity contribution in [2.24, 2.45) is 0 Å². The largest absolute Gasteiger partial charge is 0.456 e. The molecule has 0 radical (unpaired) electrons. The molecule has 0 aromatic heterocycles. The van der Waals surface area contributed by atoms with Crippen LogP contribution in [-0.4, -0.2) is 64.1 Å². The van der Waals surface area contributed by atoms with Crippen LogP contribution in [0.1, 0.15) is 25.0 Å². The van der Waals surface area contributed by atoms with Gasteiger partial charge in [0.1, 0.15) is 16.4 Å². The van der Waals surface area contributed by atoms with Crippen molar-refractivity contribution in [3.63, 3.8) is 0 Å². The van der Waals surface area contributed by atoms with Crippen LogP contribution in [0.5, 0.6) is 5.75 Å². The van der Waals surface area contributed by atoms with Crippen molar-refractivity contribution in [2.75, 3.05) is 32.6 Å². The molecule has 0 saturated heterocycles. The van der Waals surface area contributed by atoms with Gasteiger partial charge in [0.05, 0.1) is 10.4 Å². The normalized spacial score (nSPS) is 19.5. The van der Waals surface area contributed by atoms with Gasteiger partial charge < -0.3 is 9.64 Å². The molecule has 1 aliphatic carbocycles. The Morgan fingerprint density at radius 1 is 0.944 bits per heavy atom. The minimum Gasteiger partial charge on any atom is -0.456 e. The first-order valence-electron chi connectivity index (χ1n) is 11.1. The van der Waals surface area contributed by atoms with Gasteiger partial charge in [-0.15, -0.1) is 0 Å². The van der Waals surface area contributed by atoms with E-state index in [9.17, 15) is 25.9 Å². The molecule has 0 fully saturated rings. The van der Waals surface area contributed by atoms with E-state index >= 15 is 0 Å². The van der Waals surface area contributed by atoms with Crippen LogP contribution in [0.3, 0.4) is 0 Å². The summed E-state index contributed by atoms with van der Waals surface area (Å²) in [5, 5.41) is 0. The molecule has 0 spiro atoms. The molecule has 36 heavy (non-hydrogen) atoms. The lowest BCUT2D eigenvalue weighted by molar-refractivity contribution is 0.274. The highest BCUT2D eigenvalue weighted by Crippen LogP contribution is 2.47.